The van der Waals surface area contributed by atoms with Crippen LogP contribution < -0.4 is 4.90 Å². The van der Waals surface area contributed by atoms with Crippen LogP contribution in [0, 0.1) is 5.92 Å². The Bertz CT molecular complexity index is 2680. The van der Waals surface area contributed by atoms with Crippen LogP contribution in [-0.4, -0.2) is 6.04 Å². The lowest BCUT2D eigenvalue weighted by Crippen LogP contribution is -2.40. The zero-order valence-corrected chi connectivity index (χ0v) is 31.8. The first-order valence-corrected chi connectivity index (χ1v) is 19.5. The van der Waals surface area contributed by atoms with Crippen LogP contribution in [0.4, 0.5) is 11.4 Å². The van der Waals surface area contributed by atoms with Crippen molar-refractivity contribution < 1.29 is 0 Å². The van der Waals surface area contributed by atoms with E-state index in [4.69, 9.17) is 0 Å². The summed E-state index contributed by atoms with van der Waals surface area (Å²) in [7, 11) is 0. The number of hydrogen-bond acceptors (Lipinski definition) is 1. The smallest absolute Gasteiger partial charge is 0.0588 e. The maximum Gasteiger partial charge on any atom is 0.0588 e. The van der Waals surface area contributed by atoms with E-state index in [0.29, 0.717) is 0 Å². The van der Waals surface area contributed by atoms with Crippen molar-refractivity contribution in [3.05, 3.63) is 198 Å². The van der Waals surface area contributed by atoms with Crippen LogP contribution in [0.5, 0.6) is 0 Å². The monoisotopic (exact) mass is 695 g/mol. The standard InChI is InChI=1S/C53H45N/c1-34-49(31-30-46-44-19-9-10-22-47(44)52(2,3)50(34)46)54(41-17-12-16-38(33-41)39-25-24-35-14-6-7-15-37(35)32-39)40-28-26-36(27-29-40)42-20-13-21-45-43-18-8-11-23-48(43)53(4,5)51(42)45/h6-34,49H,1-5H3. The molecule has 0 saturated heterocycles. The molecule has 3 aliphatic rings. The largest absolute Gasteiger partial charge is 0.334 e. The number of fused-ring (bicyclic) bond motifs is 6. The van der Waals surface area contributed by atoms with E-state index in [9.17, 15) is 0 Å². The Hall–Kier alpha value is -5.92. The minimum atomic E-state index is -0.0736. The molecule has 54 heavy (non-hydrogen) atoms. The predicted molar refractivity (Wildman–Crippen MR) is 229 cm³/mol. The normalized spacial score (nSPS) is 18.6. The maximum absolute atomic E-state index is 2.59. The molecule has 2 unspecified atom stereocenters. The van der Waals surface area contributed by atoms with Gasteiger partial charge in [0.2, 0.25) is 0 Å². The fourth-order valence-corrected chi connectivity index (χ4v) is 10.3. The van der Waals surface area contributed by atoms with Crippen LogP contribution in [0.15, 0.2) is 175 Å². The number of nitrogens with zero attached hydrogens (tertiary/aromatic N) is 1. The highest BCUT2D eigenvalue weighted by atomic mass is 15.2. The molecular weight excluding hydrogens is 651 g/mol. The Morgan fingerprint density at radius 3 is 1.87 bits per heavy atom. The Kier molecular flexibility index (Phi) is 7.30. The lowest BCUT2D eigenvalue weighted by atomic mass is 9.72. The van der Waals surface area contributed by atoms with E-state index < -0.39 is 0 Å². The highest BCUT2D eigenvalue weighted by Crippen LogP contribution is 2.54. The number of benzene rings is 7. The summed E-state index contributed by atoms with van der Waals surface area (Å²) in [6, 6.07) is 58.9. The second-order valence-electron chi connectivity index (χ2n) is 16.6. The van der Waals surface area contributed by atoms with E-state index in [1.807, 2.05) is 0 Å². The lowest BCUT2D eigenvalue weighted by molar-refractivity contribution is 0.488. The van der Waals surface area contributed by atoms with Gasteiger partial charge in [-0.2, -0.15) is 0 Å². The first-order valence-electron chi connectivity index (χ1n) is 19.5. The van der Waals surface area contributed by atoms with Gasteiger partial charge in [0.25, 0.3) is 0 Å². The molecule has 0 saturated carbocycles. The van der Waals surface area contributed by atoms with Crippen LogP contribution in [-0.2, 0) is 10.8 Å². The van der Waals surface area contributed by atoms with E-state index in [2.05, 4.69) is 209 Å². The zero-order chi connectivity index (χ0) is 36.8. The third kappa shape index (κ3) is 4.84. The number of allylic oxidation sites excluding steroid dienone is 2. The molecule has 0 bridgehead atoms. The van der Waals surface area contributed by atoms with Crippen LogP contribution in [0.2, 0.25) is 0 Å². The van der Waals surface area contributed by atoms with Gasteiger partial charge in [-0.05, 0) is 108 Å². The highest BCUT2D eigenvalue weighted by Gasteiger charge is 2.44. The van der Waals surface area contributed by atoms with Crippen molar-refractivity contribution in [2.45, 2.75) is 51.5 Å². The molecule has 0 heterocycles. The maximum atomic E-state index is 2.59. The third-order valence-electron chi connectivity index (χ3n) is 12.8. The molecule has 1 heteroatoms. The summed E-state index contributed by atoms with van der Waals surface area (Å²) in [6.45, 7) is 12.0. The van der Waals surface area contributed by atoms with Gasteiger partial charge in [0.15, 0.2) is 0 Å². The van der Waals surface area contributed by atoms with Crippen molar-refractivity contribution in [2.75, 3.05) is 4.90 Å². The quantitative estimate of drug-likeness (QED) is 0.173. The van der Waals surface area contributed by atoms with Crippen molar-refractivity contribution in [1.82, 2.24) is 0 Å². The first-order chi connectivity index (χ1) is 26.2. The fraction of sp³-hybridized carbons (Fsp3) is 0.170. The van der Waals surface area contributed by atoms with E-state index in [1.165, 1.54) is 88.9 Å². The molecule has 7 aromatic rings. The van der Waals surface area contributed by atoms with Gasteiger partial charge in [-0.1, -0.05) is 174 Å². The first kappa shape index (κ1) is 32.7. The van der Waals surface area contributed by atoms with E-state index in [0.717, 1.165) is 0 Å². The van der Waals surface area contributed by atoms with E-state index in [-0.39, 0.29) is 22.8 Å². The third-order valence-corrected chi connectivity index (χ3v) is 12.8. The van der Waals surface area contributed by atoms with Gasteiger partial charge in [-0.15, -0.1) is 0 Å². The van der Waals surface area contributed by atoms with Crippen molar-refractivity contribution in [3.63, 3.8) is 0 Å². The zero-order valence-electron chi connectivity index (χ0n) is 31.8. The van der Waals surface area contributed by atoms with Crippen LogP contribution in [0.25, 0.3) is 49.7 Å². The Labute approximate surface area is 320 Å². The lowest BCUT2D eigenvalue weighted by Gasteiger charge is -2.41. The van der Waals surface area contributed by atoms with Gasteiger partial charge in [-0.25, -0.2) is 0 Å². The summed E-state index contributed by atoms with van der Waals surface area (Å²) in [5.74, 6) is 0.285. The van der Waals surface area contributed by atoms with Crippen molar-refractivity contribution in [2.24, 2.45) is 5.92 Å². The van der Waals surface area contributed by atoms with Crippen molar-refractivity contribution in [1.29, 1.82) is 0 Å². The van der Waals surface area contributed by atoms with Crippen molar-refractivity contribution in [3.8, 4) is 33.4 Å². The summed E-state index contributed by atoms with van der Waals surface area (Å²) in [5, 5.41) is 2.53. The Morgan fingerprint density at radius 1 is 0.463 bits per heavy atom. The van der Waals surface area contributed by atoms with Gasteiger partial charge in [0, 0.05) is 28.1 Å². The van der Waals surface area contributed by atoms with Gasteiger partial charge >= 0.3 is 0 Å². The van der Waals surface area contributed by atoms with Crippen LogP contribution in [0.1, 0.15) is 56.9 Å². The molecule has 0 aromatic heterocycles. The minimum absolute atomic E-state index is 0.0467. The van der Waals surface area contributed by atoms with E-state index >= 15 is 0 Å². The molecule has 2 atom stereocenters. The molecule has 1 nitrogen and oxygen atoms in total. The summed E-state index contributed by atoms with van der Waals surface area (Å²) in [6.07, 6.45) is 4.87. The Balaban J connectivity index is 1.09. The predicted octanol–water partition coefficient (Wildman–Crippen LogP) is 13.9. The Morgan fingerprint density at radius 2 is 1.07 bits per heavy atom. The molecule has 7 aromatic carbocycles. The molecular formula is C53H45N. The summed E-state index contributed by atoms with van der Waals surface area (Å²) >= 11 is 0. The molecule has 3 aliphatic carbocycles. The van der Waals surface area contributed by atoms with Gasteiger partial charge < -0.3 is 4.90 Å². The molecule has 0 radical (unpaired) electrons. The van der Waals surface area contributed by atoms with Crippen LogP contribution in [0.3, 0.4) is 0 Å². The fourth-order valence-electron chi connectivity index (χ4n) is 10.3. The minimum Gasteiger partial charge on any atom is -0.334 e. The van der Waals surface area contributed by atoms with Gasteiger partial charge in [0.1, 0.15) is 0 Å². The summed E-state index contributed by atoms with van der Waals surface area (Å²) in [5.41, 5.74) is 18.6. The average molecular weight is 696 g/mol. The molecule has 262 valence electrons. The van der Waals surface area contributed by atoms with E-state index in [1.54, 1.807) is 0 Å². The molecule has 10 rings (SSSR count). The molecule has 0 spiro atoms. The summed E-state index contributed by atoms with van der Waals surface area (Å²) < 4.78 is 0. The molecule has 0 fully saturated rings. The van der Waals surface area contributed by atoms with Crippen molar-refractivity contribution >= 4 is 27.7 Å². The topological polar surface area (TPSA) is 3.24 Å². The second-order valence-corrected chi connectivity index (χ2v) is 16.6. The second kappa shape index (κ2) is 12.1. The number of hydrogen-bond donors (Lipinski definition) is 0. The molecule has 0 N–H and O–H groups in total. The van der Waals surface area contributed by atoms with Gasteiger partial charge in [-0.3, -0.25) is 0 Å². The number of rotatable bonds is 5. The molecule has 0 amide bonds. The highest BCUT2D eigenvalue weighted by molar-refractivity contribution is 5.91. The van der Waals surface area contributed by atoms with Gasteiger partial charge in [0.05, 0.1) is 6.04 Å². The molecule has 0 aliphatic heterocycles. The van der Waals surface area contributed by atoms with Crippen LogP contribution >= 0.6 is 0 Å². The SMILES string of the molecule is CC1C2=C(C=CC1N(c1ccc(-c3cccc4c3C(C)(C)c3ccccc3-4)cc1)c1cccc(-c3ccc4ccccc4c3)c1)c1ccccc1C2(C)C. The summed E-state index contributed by atoms with van der Waals surface area (Å²) in [4.78, 5) is 2.59. The average Bonchev–Trinajstić information content (AvgIpc) is 3.59. The number of anilines is 2.